The van der Waals surface area contributed by atoms with Crippen LogP contribution >= 0.6 is 0 Å². The Morgan fingerprint density at radius 1 is 0.361 bits per heavy atom. The Balaban J connectivity index is 3.33. The zero-order valence-corrected chi connectivity index (χ0v) is 40.1. The van der Waals surface area contributed by atoms with Crippen molar-refractivity contribution in [3.63, 3.8) is 0 Å². The van der Waals surface area contributed by atoms with Crippen LogP contribution in [0, 0.1) is 0 Å². The summed E-state index contributed by atoms with van der Waals surface area (Å²) in [6, 6.07) is 0. The third kappa shape index (κ3) is 45.9. The number of aliphatic hydroxyl groups is 3. The number of hydrogen-bond donors (Lipinski definition) is 3. The monoisotopic (exact) mass is 857 g/mol. The van der Waals surface area contributed by atoms with Gasteiger partial charge in [-0.2, -0.15) is 0 Å². The minimum Gasteiger partial charge on any atom is -0.394 e. The molecule has 0 bridgehead atoms. The average Bonchev–Trinajstić information content (AvgIpc) is 3.26. The molecule has 0 aromatic heterocycles. The summed E-state index contributed by atoms with van der Waals surface area (Å²) in [7, 11) is 0. The molecule has 0 fully saturated rings. The van der Waals surface area contributed by atoms with E-state index in [0.717, 1.165) is 77.0 Å². The smallest absolute Gasteiger partial charge is 0.164 e. The normalized spacial score (nSPS) is 13.0. The number of allylic oxidation sites excluding steroid dienone is 6. The average molecular weight is 857 g/mol. The molecule has 61 heavy (non-hydrogen) atoms. The second-order valence-corrected chi connectivity index (χ2v) is 18.3. The Labute approximate surface area is 377 Å². The van der Waals surface area contributed by atoms with E-state index >= 15 is 0 Å². The van der Waals surface area contributed by atoms with Crippen LogP contribution in [0.1, 0.15) is 277 Å². The lowest BCUT2D eigenvalue weighted by Crippen LogP contribution is -2.36. The van der Waals surface area contributed by atoms with E-state index in [0.29, 0.717) is 11.6 Å². The summed E-state index contributed by atoms with van der Waals surface area (Å²) in [5.41, 5.74) is 0. The third-order valence-corrected chi connectivity index (χ3v) is 12.2. The number of carbonyl (C=O) groups excluding carboxylic acids is 3. The highest BCUT2D eigenvalue weighted by molar-refractivity contribution is 5.83. The molecule has 2 unspecified atom stereocenters. The van der Waals surface area contributed by atoms with E-state index in [2.05, 4.69) is 43.4 Å². The van der Waals surface area contributed by atoms with Crippen molar-refractivity contribution in [3.05, 3.63) is 36.5 Å². The molecule has 2 atom stereocenters. The zero-order chi connectivity index (χ0) is 44.5. The maximum atomic E-state index is 12.3. The summed E-state index contributed by atoms with van der Waals surface area (Å²) in [5, 5.41) is 27.7. The number of Topliss-reactive ketones (excluding diaryl/α,β-unsaturated/α-hetero) is 3. The Bertz CT molecular complexity index is 1050. The minimum absolute atomic E-state index is 0.263. The summed E-state index contributed by atoms with van der Waals surface area (Å²) in [6.07, 6.45) is 59.0. The number of unbranched alkanes of at least 4 members (excludes halogenated alkanes) is 31. The Hall–Kier alpha value is -1.89. The summed E-state index contributed by atoms with van der Waals surface area (Å²) in [6.45, 7) is 1.66. The van der Waals surface area contributed by atoms with Crippen LogP contribution in [0.4, 0.5) is 0 Å². The van der Waals surface area contributed by atoms with Crippen molar-refractivity contribution in [2.75, 3.05) is 6.61 Å². The van der Waals surface area contributed by atoms with Crippen LogP contribution in [0.2, 0.25) is 0 Å². The highest BCUT2D eigenvalue weighted by Gasteiger charge is 2.22. The second-order valence-electron chi connectivity index (χ2n) is 18.3. The second kappa shape index (κ2) is 49.1. The number of rotatable bonds is 50. The lowest BCUT2D eigenvalue weighted by atomic mass is 10.0. The third-order valence-electron chi connectivity index (χ3n) is 12.2. The van der Waals surface area contributed by atoms with Gasteiger partial charge in [-0.05, 0) is 89.9 Å². The van der Waals surface area contributed by atoms with Crippen molar-refractivity contribution in [3.8, 4) is 0 Å². The molecule has 0 amide bonds. The molecule has 6 nitrogen and oxygen atoms in total. The van der Waals surface area contributed by atoms with Gasteiger partial charge in [0.25, 0.3) is 0 Å². The van der Waals surface area contributed by atoms with Crippen molar-refractivity contribution in [1.29, 1.82) is 0 Å². The molecule has 0 spiro atoms. The van der Waals surface area contributed by atoms with E-state index < -0.39 is 18.8 Å². The topological polar surface area (TPSA) is 112 Å². The Kier molecular flexibility index (Phi) is 47.6. The summed E-state index contributed by atoms with van der Waals surface area (Å²) in [4.78, 5) is 36.2. The van der Waals surface area contributed by atoms with Crippen molar-refractivity contribution < 1.29 is 29.7 Å². The fourth-order valence-electron chi connectivity index (χ4n) is 8.05. The maximum absolute atomic E-state index is 12.3. The fraction of sp³-hybridized carbons (Fsp3) is 0.836. The molecule has 0 aliphatic rings. The van der Waals surface area contributed by atoms with Gasteiger partial charge in [0.05, 0.1) is 6.61 Å². The van der Waals surface area contributed by atoms with E-state index in [1.807, 2.05) is 0 Å². The molecule has 0 rings (SSSR count). The van der Waals surface area contributed by atoms with Gasteiger partial charge in [0.1, 0.15) is 23.8 Å². The van der Waals surface area contributed by atoms with E-state index in [1.54, 1.807) is 0 Å². The highest BCUT2D eigenvalue weighted by Crippen LogP contribution is 2.16. The lowest BCUT2D eigenvalue weighted by molar-refractivity contribution is -0.134. The zero-order valence-electron chi connectivity index (χ0n) is 40.1. The van der Waals surface area contributed by atoms with Crippen molar-refractivity contribution in [2.24, 2.45) is 0 Å². The van der Waals surface area contributed by atoms with Gasteiger partial charge in [0.2, 0.25) is 0 Å². The van der Waals surface area contributed by atoms with Gasteiger partial charge in [-0.3, -0.25) is 14.4 Å². The highest BCUT2D eigenvalue weighted by atomic mass is 16.4. The molecule has 0 heterocycles. The van der Waals surface area contributed by atoms with Crippen LogP contribution in [0.3, 0.4) is 0 Å². The molecule has 0 aliphatic carbocycles. The lowest BCUT2D eigenvalue weighted by Gasteiger charge is -2.13. The van der Waals surface area contributed by atoms with Crippen molar-refractivity contribution in [2.45, 2.75) is 289 Å². The van der Waals surface area contributed by atoms with Crippen LogP contribution in [0.15, 0.2) is 36.5 Å². The largest absolute Gasteiger partial charge is 0.394 e. The molecule has 356 valence electrons. The van der Waals surface area contributed by atoms with Crippen LogP contribution in [-0.2, 0) is 14.4 Å². The van der Waals surface area contributed by atoms with Crippen molar-refractivity contribution in [1.82, 2.24) is 0 Å². The number of aliphatic hydroxyl groups excluding tert-OH is 3. The van der Waals surface area contributed by atoms with Crippen LogP contribution in [-0.4, -0.2) is 51.5 Å². The molecular weight excluding hydrogens is 757 g/mol. The number of hydrogen-bond acceptors (Lipinski definition) is 6. The van der Waals surface area contributed by atoms with Crippen LogP contribution in [0.5, 0.6) is 0 Å². The van der Waals surface area contributed by atoms with E-state index in [4.69, 9.17) is 5.11 Å². The summed E-state index contributed by atoms with van der Waals surface area (Å²) < 4.78 is 0. The molecule has 0 aromatic carbocycles. The maximum Gasteiger partial charge on any atom is 0.164 e. The predicted octanol–water partition coefficient (Wildman–Crippen LogP) is 15.5. The first-order chi connectivity index (χ1) is 29.9. The molecular formula is C55H100O6. The van der Waals surface area contributed by atoms with E-state index in [-0.39, 0.29) is 12.2 Å². The molecule has 6 heteroatoms. The quantitative estimate of drug-likeness (QED) is 0.0415. The Morgan fingerprint density at radius 2 is 0.623 bits per heavy atom. The van der Waals surface area contributed by atoms with E-state index in [1.165, 1.54) is 186 Å². The number of ketones is 3. The molecule has 0 aromatic rings. The van der Waals surface area contributed by atoms with Crippen molar-refractivity contribution >= 4 is 17.3 Å². The van der Waals surface area contributed by atoms with Gasteiger partial charge < -0.3 is 15.3 Å². The number of carbonyl (C=O) groups is 3. The van der Waals surface area contributed by atoms with Crippen LogP contribution in [0.25, 0.3) is 0 Å². The molecule has 0 saturated heterocycles. The van der Waals surface area contributed by atoms with E-state index in [9.17, 15) is 24.6 Å². The SMILES string of the molecule is CCCCC/C=C\C/C=C\CCCCCCCC(=O)CCCCCCCC/C=C\CCCCCCCC(=O)CCCCCCCCCCCCCCCC(=O)C(O)C(O)CO. The van der Waals surface area contributed by atoms with Gasteiger partial charge >= 0.3 is 0 Å². The van der Waals surface area contributed by atoms with Crippen LogP contribution < -0.4 is 0 Å². The standard InChI is InChI=1S/C55H100O6/c1-2-3-4-5-6-7-8-9-11-15-20-25-30-35-40-45-51(57)46-41-36-31-26-21-16-12-10-13-17-22-27-32-37-42-47-52(58)48-43-38-33-28-23-18-14-19-24-29-34-39-44-49-53(59)55(61)54(60)50-56/h6-7,9-11,13,54-56,60-61H,2-5,8,12,14-50H2,1H3/b7-6-,11-9-,13-10-. The molecule has 0 saturated carbocycles. The first-order valence-electron chi connectivity index (χ1n) is 26.4. The molecule has 0 radical (unpaired) electrons. The summed E-state index contributed by atoms with van der Waals surface area (Å²) in [5.74, 6) is 0.558. The van der Waals surface area contributed by atoms with Gasteiger partial charge in [0, 0.05) is 32.1 Å². The predicted molar refractivity (Wildman–Crippen MR) is 261 cm³/mol. The van der Waals surface area contributed by atoms with Gasteiger partial charge in [-0.25, -0.2) is 0 Å². The van der Waals surface area contributed by atoms with Gasteiger partial charge in [-0.15, -0.1) is 0 Å². The first kappa shape index (κ1) is 59.1. The molecule has 0 aliphatic heterocycles. The van der Waals surface area contributed by atoms with Gasteiger partial charge in [-0.1, -0.05) is 191 Å². The summed E-state index contributed by atoms with van der Waals surface area (Å²) >= 11 is 0. The molecule has 3 N–H and O–H groups in total. The van der Waals surface area contributed by atoms with Gasteiger partial charge in [0.15, 0.2) is 5.78 Å². The Morgan fingerprint density at radius 3 is 0.934 bits per heavy atom. The first-order valence-corrected chi connectivity index (χ1v) is 26.4. The fourth-order valence-corrected chi connectivity index (χ4v) is 8.05. The minimum atomic E-state index is -1.46.